The molecule has 2 rings (SSSR count). The Morgan fingerprint density at radius 2 is 1.95 bits per heavy atom. The van der Waals surface area contributed by atoms with Crippen LogP contribution in [0.2, 0.25) is 0 Å². The molecule has 1 unspecified atom stereocenters. The van der Waals surface area contributed by atoms with E-state index < -0.39 is 0 Å². The van der Waals surface area contributed by atoms with Gasteiger partial charge in [0.1, 0.15) is 12.4 Å². The lowest BCUT2D eigenvalue weighted by molar-refractivity contribution is -0.130. The molecule has 0 radical (unpaired) electrons. The highest BCUT2D eigenvalue weighted by atomic mass is 16.5. The number of rotatable bonds is 7. The fourth-order valence-corrected chi connectivity index (χ4v) is 2.49. The Morgan fingerprint density at radius 1 is 1.33 bits per heavy atom. The molecular weight excluding hydrogens is 264 g/mol. The van der Waals surface area contributed by atoms with Crippen LogP contribution in [0.25, 0.3) is 0 Å². The fourth-order valence-electron chi connectivity index (χ4n) is 2.49. The van der Waals surface area contributed by atoms with Gasteiger partial charge in [0, 0.05) is 19.5 Å². The molecular formula is C17H26N2O2. The Balaban J connectivity index is 1.72. The van der Waals surface area contributed by atoms with E-state index in [2.05, 4.69) is 19.9 Å². The summed E-state index contributed by atoms with van der Waals surface area (Å²) in [6, 6.07) is 6.16. The van der Waals surface area contributed by atoms with Crippen LogP contribution < -0.4 is 10.5 Å². The first-order valence-corrected chi connectivity index (χ1v) is 7.66. The van der Waals surface area contributed by atoms with E-state index in [9.17, 15) is 4.79 Å². The van der Waals surface area contributed by atoms with E-state index in [0.717, 1.165) is 5.75 Å². The van der Waals surface area contributed by atoms with E-state index in [0.29, 0.717) is 25.5 Å². The van der Waals surface area contributed by atoms with Gasteiger partial charge >= 0.3 is 0 Å². The highest BCUT2D eigenvalue weighted by molar-refractivity contribution is 5.76. The van der Waals surface area contributed by atoms with Crippen molar-refractivity contribution < 1.29 is 9.53 Å². The van der Waals surface area contributed by atoms with E-state index in [1.54, 1.807) is 4.90 Å². The molecule has 0 aliphatic heterocycles. The number of amides is 1. The predicted molar refractivity (Wildman–Crippen MR) is 84.4 cm³/mol. The van der Waals surface area contributed by atoms with Crippen LogP contribution in [0.15, 0.2) is 18.2 Å². The highest BCUT2D eigenvalue weighted by Crippen LogP contribution is 2.32. The van der Waals surface area contributed by atoms with Crippen molar-refractivity contribution in [1.82, 2.24) is 4.90 Å². The number of ether oxygens (including phenoxy) is 1. The molecule has 1 amide bonds. The molecule has 0 aromatic heterocycles. The summed E-state index contributed by atoms with van der Waals surface area (Å²) in [6.45, 7) is 5.19. The number of hydrogen-bond donors (Lipinski definition) is 1. The number of carbonyl (C=O) groups excluding carboxylic acids is 1. The monoisotopic (exact) mass is 290 g/mol. The van der Waals surface area contributed by atoms with Crippen LogP contribution in [0, 0.1) is 19.8 Å². The van der Waals surface area contributed by atoms with Crippen LogP contribution in [0.5, 0.6) is 5.75 Å². The molecule has 0 bridgehead atoms. The second kappa shape index (κ2) is 6.94. The van der Waals surface area contributed by atoms with E-state index in [1.165, 1.54) is 24.0 Å². The van der Waals surface area contributed by atoms with Crippen LogP contribution in [-0.4, -0.2) is 37.0 Å². The molecule has 1 aliphatic carbocycles. The third kappa shape index (κ3) is 5.05. The zero-order valence-electron chi connectivity index (χ0n) is 13.3. The van der Waals surface area contributed by atoms with Crippen LogP contribution in [0.1, 0.15) is 30.4 Å². The molecule has 4 heteroatoms. The molecule has 1 saturated carbocycles. The van der Waals surface area contributed by atoms with Gasteiger partial charge in [0.05, 0.1) is 6.54 Å². The number of hydrogen-bond acceptors (Lipinski definition) is 3. The average molecular weight is 290 g/mol. The van der Waals surface area contributed by atoms with E-state index in [4.69, 9.17) is 10.5 Å². The first-order chi connectivity index (χ1) is 9.95. The number of nitrogens with two attached hydrogens (primary N) is 1. The quantitative estimate of drug-likeness (QED) is 0.838. The van der Waals surface area contributed by atoms with Crippen molar-refractivity contribution in [1.29, 1.82) is 0 Å². The summed E-state index contributed by atoms with van der Waals surface area (Å²) in [7, 11) is 1.81. The Bertz CT molecular complexity index is 477. The number of likely N-dealkylation sites (N-methyl/N-ethyl adjacent to an activating group) is 1. The van der Waals surface area contributed by atoms with E-state index >= 15 is 0 Å². The average Bonchev–Trinajstić information content (AvgIpc) is 3.21. The topological polar surface area (TPSA) is 55.6 Å². The maximum absolute atomic E-state index is 12.0. The Hall–Kier alpha value is -1.55. The molecule has 4 nitrogen and oxygen atoms in total. The first-order valence-electron chi connectivity index (χ1n) is 7.66. The second-order valence-corrected chi connectivity index (χ2v) is 6.19. The van der Waals surface area contributed by atoms with Crippen molar-refractivity contribution in [2.75, 3.05) is 20.2 Å². The van der Waals surface area contributed by atoms with Gasteiger partial charge in [-0.1, -0.05) is 6.07 Å². The molecule has 0 heterocycles. The van der Waals surface area contributed by atoms with Crippen molar-refractivity contribution in [2.45, 2.75) is 39.2 Å². The minimum Gasteiger partial charge on any atom is -0.492 e. The molecule has 116 valence electrons. The Kier molecular flexibility index (Phi) is 5.23. The zero-order chi connectivity index (χ0) is 15.4. The smallest absolute Gasteiger partial charge is 0.223 e. The minimum absolute atomic E-state index is 0.0280. The van der Waals surface area contributed by atoms with Gasteiger partial charge in [0.25, 0.3) is 0 Å². The lowest BCUT2D eigenvalue weighted by atomic mass is 10.1. The summed E-state index contributed by atoms with van der Waals surface area (Å²) in [5, 5.41) is 0. The molecule has 1 aromatic rings. The lowest BCUT2D eigenvalue weighted by Gasteiger charge is -2.20. The number of benzene rings is 1. The molecule has 1 aromatic carbocycles. The Labute approximate surface area is 127 Å². The number of nitrogens with zero attached hydrogens (tertiary/aromatic N) is 1. The lowest BCUT2D eigenvalue weighted by Crippen LogP contribution is -2.36. The summed E-state index contributed by atoms with van der Waals surface area (Å²) in [5.41, 5.74) is 8.36. The van der Waals surface area contributed by atoms with Gasteiger partial charge in [-0.05, 0) is 55.9 Å². The van der Waals surface area contributed by atoms with Crippen LogP contribution in [-0.2, 0) is 4.79 Å². The van der Waals surface area contributed by atoms with Gasteiger partial charge in [-0.3, -0.25) is 4.79 Å². The minimum atomic E-state index is 0.0280. The maximum atomic E-state index is 12.0. The third-order valence-corrected chi connectivity index (χ3v) is 3.95. The highest BCUT2D eigenvalue weighted by Gasteiger charge is 2.30. The number of carbonyl (C=O) groups is 1. The van der Waals surface area contributed by atoms with E-state index in [-0.39, 0.29) is 11.9 Å². The zero-order valence-corrected chi connectivity index (χ0v) is 13.3. The molecule has 2 N–H and O–H groups in total. The van der Waals surface area contributed by atoms with Gasteiger partial charge in [0.15, 0.2) is 0 Å². The van der Waals surface area contributed by atoms with Crippen molar-refractivity contribution in [2.24, 2.45) is 11.7 Å². The van der Waals surface area contributed by atoms with Gasteiger partial charge in [-0.2, -0.15) is 0 Å². The standard InChI is InChI=1S/C17H26N2O2/c1-12-8-13(2)10-15(9-12)21-7-6-19(3)17(20)11-16(18)14-4-5-14/h8-10,14,16H,4-7,11,18H2,1-3H3. The van der Waals surface area contributed by atoms with Gasteiger partial charge in [0.2, 0.25) is 5.91 Å². The van der Waals surface area contributed by atoms with Crippen LogP contribution >= 0.6 is 0 Å². The molecule has 1 atom stereocenters. The van der Waals surface area contributed by atoms with Crippen molar-refractivity contribution >= 4 is 5.91 Å². The van der Waals surface area contributed by atoms with Gasteiger partial charge in [-0.25, -0.2) is 0 Å². The molecule has 0 spiro atoms. The SMILES string of the molecule is Cc1cc(C)cc(OCCN(C)C(=O)CC(N)C2CC2)c1. The summed E-state index contributed by atoms with van der Waals surface area (Å²) in [4.78, 5) is 13.7. The third-order valence-electron chi connectivity index (χ3n) is 3.95. The van der Waals surface area contributed by atoms with Gasteiger partial charge in [-0.15, -0.1) is 0 Å². The molecule has 21 heavy (non-hydrogen) atoms. The van der Waals surface area contributed by atoms with Crippen molar-refractivity contribution in [3.05, 3.63) is 29.3 Å². The number of aryl methyl sites for hydroxylation is 2. The molecule has 1 aliphatic rings. The van der Waals surface area contributed by atoms with Crippen molar-refractivity contribution in [3.63, 3.8) is 0 Å². The summed E-state index contributed by atoms with van der Waals surface area (Å²) in [6.07, 6.45) is 2.80. The normalized spacial score (nSPS) is 15.6. The molecule has 1 fully saturated rings. The summed E-state index contributed by atoms with van der Waals surface area (Å²) in [5.74, 6) is 1.54. The largest absolute Gasteiger partial charge is 0.492 e. The molecule has 0 saturated heterocycles. The van der Waals surface area contributed by atoms with Crippen molar-refractivity contribution in [3.8, 4) is 5.75 Å². The van der Waals surface area contributed by atoms with Crippen LogP contribution in [0.3, 0.4) is 0 Å². The fraction of sp³-hybridized carbons (Fsp3) is 0.588. The van der Waals surface area contributed by atoms with E-state index in [1.807, 2.05) is 19.2 Å². The summed E-state index contributed by atoms with van der Waals surface area (Å²) < 4.78 is 5.73. The second-order valence-electron chi connectivity index (χ2n) is 6.19. The maximum Gasteiger partial charge on any atom is 0.223 e. The summed E-state index contributed by atoms with van der Waals surface area (Å²) >= 11 is 0. The predicted octanol–water partition coefficient (Wildman–Crippen LogP) is 2.27. The first kappa shape index (κ1) is 15.8. The van der Waals surface area contributed by atoms with Crippen LogP contribution in [0.4, 0.5) is 0 Å². The van der Waals surface area contributed by atoms with Gasteiger partial charge < -0.3 is 15.4 Å². The Morgan fingerprint density at radius 3 is 2.52 bits per heavy atom.